The summed E-state index contributed by atoms with van der Waals surface area (Å²) in [7, 11) is 0. The molecule has 0 heterocycles. The van der Waals surface area contributed by atoms with Crippen LogP contribution in [0.1, 0.15) is 52.4 Å². The van der Waals surface area contributed by atoms with Gasteiger partial charge in [0.1, 0.15) is 0 Å². The van der Waals surface area contributed by atoms with Gasteiger partial charge in [0.2, 0.25) is 0 Å². The molecular weight excluding hydrogens is 473 g/mol. The van der Waals surface area contributed by atoms with Crippen LogP contribution in [-0.4, -0.2) is 9.72 Å². The zero-order valence-corrected chi connectivity index (χ0v) is 21.9. The minimum Gasteiger partial charge on any atom is -1.00 e. The maximum atomic E-state index is 11.4. The molecule has 4 saturated carbocycles. The number of hydrogen-bond donors (Lipinski definition) is 0. The van der Waals surface area contributed by atoms with Gasteiger partial charge in [-0.1, -0.05) is 36.4 Å². The standard InChI is InChI=1S/C13H9.C11H17NO.C3H6.2ClH.Ti/c1-3-7-12-10(5-1)9-11-6-2-4-8-13(11)12;12-10(13)11-4-7-1-8(5-11)3-9(2-7)6-11;1-3-2;;;/h1-9H;7-9H,1-6H2,(H2,12,13);1-2H3;2*1H;/q-1;;;;;+2/p-3. The number of amides is 1. The third kappa shape index (κ3) is 5.89. The fourth-order valence-corrected chi connectivity index (χ4v) is 6.29. The van der Waals surface area contributed by atoms with Gasteiger partial charge in [-0.2, -0.15) is 0 Å². The first kappa shape index (κ1) is 27.2. The Morgan fingerprint density at radius 3 is 1.53 bits per heavy atom. The SMILES string of the molecule is C[C](C)=[Ti+2].[Cl-].[Cl-].[NH-]C(=O)C12CC3CC(CC(C3)C1)C2.c1ccc2c(c1)[cH-]c1ccccc12. The van der Waals surface area contributed by atoms with Crippen molar-refractivity contribution in [2.24, 2.45) is 23.2 Å². The number of carbonyl (C=O) groups is 1. The Kier molecular flexibility index (Phi) is 9.67. The molecular formula is C27H31Cl2NOTi-2. The van der Waals surface area contributed by atoms with E-state index in [9.17, 15) is 4.79 Å². The minimum absolute atomic E-state index is 0. The van der Waals surface area contributed by atoms with E-state index < -0.39 is 0 Å². The van der Waals surface area contributed by atoms with Crippen LogP contribution in [0.3, 0.4) is 0 Å². The van der Waals surface area contributed by atoms with Crippen LogP contribution in [0, 0.1) is 23.2 Å². The van der Waals surface area contributed by atoms with E-state index in [1.54, 1.807) is 0 Å². The molecule has 0 spiro atoms. The Morgan fingerprint density at radius 2 is 1.19 bits per heavy atom. The normalized spacial score (nSPS) is 26.7. The van der Waals surface area contributed by atoms with E-state index in [1.165, 1.54) is 44.6 Å². The number of benzene rings is 2. The van der Waals surface area contributed by atoms with Gasteiger partial charge in [0.05, 0.1) is 5.91 Å². The van der Waals surface area contributed by atoms with E-state index in [4.69, 9.17) is 5.73 Å². The molecule has 4 fully saturated rings. The maximum Gasteiger partial charge on any atom is 0.0550 e. The van der Waals surface area contributed by atoms with E-state index in [0.717, 1.165) is 37.0 Å². The molecule has 4 aliphatic carbocycles. The topological polar surface area (TPSA) is 40.9 Å². The fourth-order valence-electron chi connectivity index (χ4n) is 6.29. The summed E-state index contributed by atoms with van der Waals surface area (Å²) in [6, 6.07) is 19.3. The van der Waals surface area contributed by atoms with Crippen molar-refractivity contribution >= 4 is 31.3 Å². The van der Waals surface area contributed by atoms with Crippen LogP contribution >= 0.6 is 0 Å². The van der Waals surface area contributed by atoms with Crippen LogP contribution in [-0.2, 0) is 24.8 Å². The molecule has 170 valence electrons. The molecule has 3 aromatic rings. The summed E-state index contributed by atoms with van der Waals surface area (Å²) in [5, 5.41) is 5.39. The van der Waals surface area contributed by atoms with Crippen molar-refractivity contribution < 1.29 is 49.6 Å². The number of carbonyl (C=O) groups excluding carboxylic acids is 1. The van der Waals surface area contributed by atoms with E-state index in [0.29, 0.717) is 0 Å². The van der Waals surface area contributed by atoms with Crippen molar-refractivity contribution in [2.75, 3.05) is 0 Å². The molecule has 0 aliphatic heterocycles. The molecule has 32 heavy (non-hydrogen) atoms. The second kappa shape index (κ2) is 11.4. The minimum atomic E-state index is -0.258. The summed E-state index contributed by atoms with van der Waals surface area (Å²) in [5.41, 5.74) is 7.24. The molecule has 7 rings (SSSR count). The maximum absolute atomic E-state index is 11.4. The van der Waals surface area contributed by atoms with E-state index in [1.807, 2.05) is 0 Å². The van der Waals surface area contributed by atoms with Crippen LogP contribution < -0.4 is 24.8 Å². The number of hydrogen-bond acceptors (Lipinski definition) is 1. The molecule has 0 unspecified atom stereocenters. The van der Waals surface area contributed by atoms with Gasteiger partial charge in [-0.05, 0) is 56.3 Å². The molecule has 3 aromatic carbocycles. The average Bonchev–Trinajstić information content (AvgIpc) is 3.06. The van der Waals surface area contributed by atoms with Crippen LogP contribution in [0.5, 0.6) is 0 Å². The second-order valence-electron chi connectivity index (χ2n) is 9.85. The Morgan fingerprint density at radius 1 is 0.844 bits per heavy atom. The zero-order valence-electron chi connectivity index (χ0n) is 18.8. The van der Waals surface area contributed by atoms with Crippen molar-refractivity contribution in [3.8, 4) is 0 Å². The average molecular weight is 504 g/mol. The summed E-state index contributed by atoms with van der Waals surface area (Å²) in [6.07, 6.45) is 7.19. The number of rotatable bonds is 1. The number of halogens is 2. The molecule has 4 aliphatic rings. The third-order valence-electron chi connectivity index (χ3n) is 7.04. The molecule has 0 aromatic heterocycles. The van der Waals surface area contributed by atoms with E-state index >= 15 is 0 Å². The quantitative estimate of drug-likeness (QED) is 0.364. The van der Waals surface area contributed by atoms with Crippen molar-refractivity contribution in [2.45, 2.75) is 52.4 Å². The zero-order chi connectivity index (χ0) is 21.3. The second-order valence-corrected chi connectivity index (χ2v) is 11.4. The predicted octanol–water partition coefficient (Wildman–Crippen LogP) is 1.25. The number of fused-ring (bicyclic) bond motifs is 3. The molecule has 2 nitrogen and oxygen atoms in total. The van der Waals surface area contributed by atoms with Crippen molar-refractivity contribution in [1.29, 1.82) is 0 Å². The summed E-state index contributed by atoms with van der Waals surface area (Å²) < 4.78 is 1.42. The van der Waals surface area contributed by atoms with Crippen molar-refractivity contribution in [1.82, 2.24) is 0 Å². The van der Waals surface area contributed by atoms with Gasteiger partial charge >= 0.3 is 37.6 Å². The summed E-state index contributed by atoms with van der Waals surface area (Å²) in [5.74, 6) is 2.12. The van der Waals surface area contributed by atoms with Gasteiger partial charge in [0.25, 0.3) is 0 Å². The first-order valence-corrected chi connectivity index (χ1v) is 12.0. The summed E-state index contributed by atoms with van der Waals surface area (Å²) >= 11 is 2.08. The molecule has 5 heteroatoms. The van der Waals surface area contributed by atoms with Crippen LogP contribution in [0.4, 0.5) is 0 Å². The Labute approximate surface area is 215 Å². The smallest absolute Gasteiger partial charge is 0.0550 e. The van der Waals surface area contributed by atoms with E-state index in [-0.39, 0.29) is 36.1 Å². The summed E-state index contributed by atoms with van der Waals surface area (Å²) in [6.45, 7) is 4.17. The fraction of sp³-hybridized carbons (Fsp3) is 0.444. The third-order valence-corrected chi connectivity index (χ3v) is 7.04. The molecule has 0 atom stereocenters. The first-order chi connectivity index (χ1) is 14.4. The van der Waals surface area contributed by atoms with Crippen molar-refractivity contribution in [3.63, 3.8) is 0 Å². The molecule has 0 saturated heterocycles. The van der Waals surface area contributed by atoms with Crippen LogP contribution in [0.15, 0.2) is 54.6 Å². The molecule has 1 amide bonds. The van der Waals surface area contributed by atoms with Gasteiger partial charge < -0.3 is 35.3 Å². The van der Waals surface area contributed by atoms with Crippen LogP contribution in [0.2, 0.25) is 0 Å². The van der Waals surface area contributed by atoms with Gasteiger partial charge in [0.15, 0.2) is 0 Å². The summed E-state index contributed by atoms with van der Waals surface area (Å²) in [4.78, 5) is 11.4. The monoisotopic (exact) mass is 503 g/mol. The Bertz CT molecular complexity index is 984. The van der Waals surface area contributed by atoms with Crippen molar-refractivity contribution in [3.05, 3.63) is 60.3 Å². The molecule has 4 bridgehead atoms. The number of nitrogens with one attached hydrogen (secondary N) is 1. The molecule has 0 radical (unpaired) electrons. The van der Waals surface area contributed by atoms with E-state index in [2.05, 4.69) is 88.4 Å². The van der Waals surface area contributed by atoms with Crippen LogP contribution in [0.25, 0.3) is 27.3 Å². The van der Waals surface area contributed by atoms with Gasteiger partial charge in [0, 0.05) is 5.41 Å². The van der Waals surface area contributed by atoms with Gasteiger partial charge in [-0.3, -0.25) is 0 Å². The predicted molar refractivity (Wildman–Crippen MR) is 123 cm³/mol. The largest absolute Gasteiger partial charge is 1.00 e. The van der Waals surface area contributed by atoms with Gasteiger partial charge in [-0.25, -0.2) is 0 Å². The Balaban J connectivity index is 0.000000185. The first-order valence-electron chi connectivity index (χ1n) is 11.2. The van der Waals surface area contributed by atoms with Gasteiger partial charge in [-0.15, -0.1) is 39.7 Å². The molecule has 1 N–H and O–H groups in total. The Hall–Kier alpha value is -1.06.